The summed E-state index contributed by atoms with van der Waals surface area (Å²) in [6.45, 7) is 17.4. The fourth-order valence-corrected chi connectivity index (χ4v) is 2.56. The molecule has 0 aromatic carbocycles. The lowest BCUT2D eigenvalue weighted by Gasteiger charge is -2.46. The van der Waals surface area contributed by atoms with Gasteiger partial charge < -0.3 is 20.3 Å². The molecule has 0 heterocycles. The lowest BCUT2D eigenvalue weighted by Crippen LogP contribution is -2.57. The molecule has 23 heavy (non-hydrogen) atoms. The van der Waals surface area contributed by atoms with Gasteiger partial charge >= 0.3 is 0 Å². The standard InChI is InChI=1S/C18H37NO4/c1-10-17(8,19-14(3)21)15(4,5)11-23-12-16(6,7)18(9,22)13(2)20/h13,20,22H,10-12H2,1-9H3,(H,19,21)/t13?,17-,18+/m1/s1. The maximum absolute atomic E-state index is 11.5. The third-order valence-electron chi connectivity index (χ3n) is 5.76. The van der Waals surface area contributed by atoms with Crippen LogP contribution in [0.15, 0.2) is 0 Å². The third kappa shape index (κ3) is 5.16. The van der Waals surface area contributed by atoms with Gasteiger partial charge in [-0.15, -0.1) is 0 Å². The number of rotatable bonds is 9. The van der Waals surface area contributed by atoms with Crippen LogP contribution in [0.4, 0.5) is 0 Å². The molecule has 0 fully saturated rings. The van der Waals surface area contributed by atoms with E-state index in [0.717, 1.165) is 6.42 Å². The van der Waals surface area contributed by atoms with E-state index in [-0.39, 0.29) is 16.9 Å². The number of ether oxygens (including phenoxy) is 1. The smallest absolute Gasteiger partial charge is 0.217 e. The van der Waals surface area contributed by atoms with E-state index in [1.807, 2.05) is 27.7 Å². The average Bonchev–Trinajstić information content (AvgIpc) is 2.36. The summed E-state index contributed by atoms with van der Waals surface area (Å²) in [4.78, 5) is 11.5. The first kappa shape index (κ1) is 22.4. The van der Waals surface area contributed by atoms with Gasteiger partial charge in [0.2, 0.25) is 5.91 Å². The summed E-state index contributed by atoms with van der Waals surface area (Å²) in [6, 6.07) is 0. The molecule has 5 heteroatoms. The number of hydrogen-bond acceptors (Lipinski definition) is 4. The summed E-state index contributed by atoms with van der Waals surface area (Å²) in [6.07, 6.45) is -0.0630. The fraction of sp³-hybridized carbons (Fsp3) is 0.944. The van der Waals surface area contributed by atoms with E-state index >= 15 is 0 Å². The Balaban J connectivity index is 4.93. The van der Waals surface area contributed by atoms with Gasteiger partial charge in [-0.1, -0.05) is 34.6 Å². The molecule has 0 aromatic rings. The molecule has 0 radical (unpaired) electrons. The van der Waals surface area contributed by atoms with Crippen molar-refractivity contribution in [1.29, 1.82) is 0 Å². The summed E-state index contributed by atoms with van der Waals surface area (Å²) in [7, 11) is 0. The van der Waals surface area contributed by atoms with E-state index in [1.54, 1.807) is 13.8 Å². The van der Waals surface area contributed by atoms with E-state index in [4.69, 9.17) is 4.74 Å². The maximum Gasteiger partial charge on any atom is 0.217 e. The second kappa shape index (κ2) is 7.49. The lowest BCUT2D eigenvalue weighted by atomic mass is 9.71. The van der Waals surface area contributed by atoms with Crippen molar-refractivity contribution in [3.8, 4) is 0 Å². The Morgan fingerprint density at radius 3 is 1.87 bits per heavy atom. The summed E-state index contributed by atoms with van der Waals surface area (Å²) >= 11 is 0. The molecule has 0 aliphatic carbocycles. The Morgan fingerprint density at radius 1 is 1.09 bits per heavy atom. The Hall–Kier alpha value is -0.650. The third-order valence-corrected chi connectivity index (χ3v) is 5.76. The van der Waals surface area contributed by atoms with Crippen molar-refractivity contribution >= 4 is 5.91 Å². The molecule has 5 nitrogen and oxygen atoms in total. The summed E-state index contributed by atoms with van der Waals surface area (Å²) in [5.74, 6) is -0.0557. The van der Waals surface area contributed by atoms with Crippen molar-refractivity contribution in [2.75, 3.05) is 13.2 Å². The quantitative estimate of drug-likeness (QED) is 0.606. The number of amides is 1. The van der Waals surface area contributed by atoms with Crippen LogP contribution in [0.25, 0.3) is 0 Å². The van der Waals surface area contributed by atoms with Gasteiger partial charge in [0, 0.05) is 23.3 Å². The Labute approximate surface area is 141 Å². The first-order chi connectivity index (χ1) is 10.1. The highest BCUT2D eigenvalue weighted by atomic mass is 16.5. The van der Waals surface area contributed by atoms with Gasteiger partial charge in [-0.2, -0.15) is 0 Å². The number of aliphatic hydroxyl groups excluding tert-OH is 1. The van der Waals surface area contributed by atoms with Gasteiger partial charge in [0.25, 0.3) is 0 Å². The van der Waals surface area contributed by atoms with Crippen LogP contribution in [0.5, 0.6) is 0 Å². The van der Waals surface area contributed by atoms with E-state index in [1.165, 1.54) is 6.92 Å². The molecule has 0 aliphatic heterocycles. The highest BCUT2D eigenvalue weighted by Crippen LogP contribution is 2.37. The van der Waals surface area contributed by atoms with Crippen molar-refractivity contribution in [2.24, 2.45) is 10.8 Å². The minimum absolute atomic E-state index is 0.0557. The van der Waals surface area contributed by atoms with Crippen LogP contribution < -0.4 is 5.32 Å². The first-order valence-corrected chi connectivity index (χ1v) is 8.40. The van der Waals surface area contributed by atoms with Crippen LogP contribution in [0, 0.1) is 10.8 Å². The summed E-state index contributed by atoms with van der Waals surface area (Å²) in [5.41, 5.74) is -2.51. The highest BCUT2D eigenvalue weighted by molar-refractivity contribution is 5.73. The number of aliphatic hydroxyl groups is 2. The van der Waals surface area contributed by atoms with Crippen LogP contribution in [0.3, 0.4) is 0 Å². The molecule has 0 saturated carbocycles. The number of nitrogens with one attached hydrogen (secondary N) is 1. The lowest BCUT2D eigenvalue weighted by molar-refractivity contribution is -0.157. The molecule has 0 aromatic heterocycles. The Bertz CT molecular complexity index is 402. The van der Waals surface area contributed by atoms with E-state index in [9.17, 15) is 15.0 Å². The van der Waals surface area contributed by atoms with Gasteiger partial charge in [0.15, 0.2) is 0 Å². The molecular weight excluding hydrogens is 294 g/mol. The van der Waals surface area contributed by atoms with E-state index in [0.29, 0.717) is 13.2 Å². The van der Waals surface area contributed by atoms with Crippen molar-refractivity contribution in [3.63, 3.8) is 0 Å². The van der Waals surface area contributed by atoms with Gasteiger partial charge in [-0.3, -0.25) is 4.79 Å². The largest absolute Gasteiger partial charge is 0.390 e. The van der Waals surface area contributed by atoms with Crippen molar-refractivity contribution in [2.45, 2.75) is 86.0 Å². The molecule has 3 N–H and O–H groups in total. The highest BCUT2D eigenvalue weighted by Gasteiger charge is 2.45. The van der Waals surface area contributed by atoms with Crippen LogP contribution >= 0.6 is 0 Å². The molecule has 0 aliphatic rings. The van der Waals surface area contributed by atoms with Gasteiger partial charge in [-0.05, 0) is 27.2 Å². The predicted octanol–water partition coefficient (Wildman–Crippen LogP) is 2.49. The van der Waals surface area contributed by atoms with E-state index in [2.05, 4.69) is 19.2 Å². The van der Waals surface area contributed by atoms with Gasteiger partial charge in [0.1, 0.15) is 0 Å². The van der Waals surface area contributed by atoms with Crippen LogP contribution in [-0.2, 0) is 9.53 Å². The molecule has 3 atom stereocenters. The normalized spacial score (nSPS) is 19.6. The number of carbonyl (C=O) groups excluding carboxylic acids is 1. The SMILES string of the molecule is CC[C@@](C)(NC(C)=O)C(C)(C)COCC(C)(C)[C@@](C)(O)C(C)O. The maximum atomic E-state index is 11.5. The fourth-order valence-electron chi connectivity index (χ4n) is 2.56. The molecule has 138 valence electrons. The number of hydrogen-bond donors (Lipinski definition) is 3. The van der Waals surface area contributed by atoms with Crippen LogP contribution in [0.2, 0.25) is 0 Å². The molecule has 0 spiro atoms. The van der Waals surface area contributed by atoms with Crippen molar-refractivity contribution < 1.29 is 19.7 Å². The van der Waals surface area contributed by atoms with Crippen molar-refractivity contribution in [3.05, 3.63) is 0 Å². The molecule has 0 saturated heterocycles. The van der Waals surface area contributed by atoms with Gasteiger partial charge in [0.05, 0.1) is 24.9 Å². The average molecular weight is 331 g/mol. The Morgan fingerprint density at radius 2 is 1.52 bits per heavy atom. The minimum Gasteiger partial charge on any atom is -0.390 e. The zero-order valence-electron chi connectivity index (χ0n) is 16.4. The summed E-state index contributed by atoms with van der Waals surface area (Å²) in [5, 5.41) is 23.3. The topological polar surface area (TPSA) is 78.8 Å². The molecule has 0 bridgehead atoms. The van der Waals surface area contributed by atoms with E-state index < -0.39 is 17.1 Å². The number of carbonyl (C=O) groups is 1. The van der Waals surface area contributed by atoms with Gasteiger partial charge in [-0.25, -0.2) is 0 Å². The van der Waals surface area contributed by atoms with Crippen LogP contribution in [0.1, 0.15) is 68.7 Å². The Kier molecular flexibility index (Phi) is 7.28. The minimum atomic E-state index is -1.25. The molecular formula is C18H37NO4. The predicted molar refractivity (Wildman–Crippen MR) is 93.2 cm³/mol. The second-order valence-electron chi connectivity index (χ2n) is 8.45. The summed E-state index contributed by atoms with van der Waals surface area (Å²) < 4.78 is 5.91. The molecule has 1 amide bonds. The zero-order valence-corrected chi connectivity index (χ0v) is 16.4. The molecule has 1 unspecified atom stereocenters. The first-order valence-electron chi connectivity index (χ1n) is 8.40. The van der Waals surface area contributed by atoms with Crippen LogP contribution in [-0.4, -0.2) is 46.6 Å². The second-order valence-corrected chi connectivity index (χ2v) is 8.45. The monoisotopic (exact) mass is 331 g/mol. The molecule has 0 rings (SSSR count). The van der Waals surface area contributed by atoms with Crippen molar-refractivity contribution in [1.82, 2.24) is 5.32 Å². The zero-order chi connectivity index (χ0) is 18.7.